The summed E-state index contributed by atoms with van der Waals surface area (Å²) >= 11 is 0. The molecule has 1 heterocycles. The fraction of sp³-hybridized carbons (Fsp3) is 0.714. The van der Waals surface area contributed by atoms with Crippen molar-refractivity contribution in [2.75, 3.05) is 6.54 Å². The van der Waals surface area contributed by atoms with Crippen LogP contribution in [0.3, 0.4) is 0 Å². The molecule has 56 valence electrons. The molecule has 0 bridgehead atoms. The first-order chi connectivity index (χ1) is 4.52. The highest BCUT2D eigenvalue weighted by Crippen LogP contribution is 2.07. The lowest BCUT2D eigenvalue weighted by atomic mass is 10.1. The summed E-state index contributed by atoms with van der Waals surface area (Å²) in [6.07, 6.45) is 1.88. The first-order valence-corrected chi connectivity index (χ1v) is 3.42. The quantitative estimate of drug-likeness (QED) is 0.492. The molecule has 0 aromatic heterocycles. The summed E-state index contributed by atoms with van der Waals surface area (Å²) in [5, 5.41) is 2.71. The molecular formula is C7H13N2O+. The monoisotopic (exact) mass is 141 g/mol. The summed E-state index contributed by atoms with van der Waals surface area (Å²) in [5.41, 5.74) is -0.0828. The van der Waals surface area contributed by atoms with Gasteiger partial charge in [0.25, 0.3) is 0 Å². The summed E-state index contributed by atoms with van der Waals surface area (Å²) < 4.78 is 1.72. The molecule has 2 amide bonds. The lowest BCUT2D eigenvalue weighted by molar-refractivity contribution is -0.497. The number of urea groups is 1. The lowest BCUT2D eigenvalue weighted by Crippen LogP contribution is -2.37. The number of nitrogens with zero attached hydrogens (tertiary/aromatic N) is 1. The van der Waals surface area contributed by atoms with E-state index in [9.17, 15) is 4.79 Å². The molecule has 0 fully saturated rings. The maximum Gasteiger partial charge on any atom is 0.491 e. The highest BCUT2D eigenvalue weighted by atomic mass is 16.2. The van der Waals surface area contributed by atoms with Crippen LogP contribution < -0.4 is 5.32 Å². The molecule has 0 aliphatic carbocycles. The normalized spacial score (nSPS) is 18.7. The number of hydrogen-bond donors (Lipinski definition) is 1. The van der Waals surface area contributed by atoms with Crippen LogP contribution in [0.25, 0.3) is 0 Å². The molecule has 0 unspecified atom stereocenters. The molecule has 1 aliphatic heterocycles. The van der Waals surface area contributed by atoms with Crippen molar-refractivity contribution in [1.29, 1.82) is 0 Å². The maximum atomic E-state index is 11.0. The Labute approximate surface area is 60.7 Å². The molecular weight excluding hydrogens is 128 g/mol. The van der Waals surface area contributed by atoms with Gasteiger partial charge in [-0.15, -0.1) is 0 Å². The second-order valence-electron chi connectivity index (χ2n) is 3.41. The number of amides is 2. The fourth-order valence-corrected chi connectivity index (χ4v) is 0.971. The zero-order chi connectivity index (χ0) is 7.78. The first-order valence-electron chi connectivity index (χ1n) is 3.42. The molecule has 0 radical (unpaired) electrons. The van der Waals surface area contributed by atoms with Crippen molar-refractivity contribution in [2.24, 2.45) is 0 Å². The van der Waals surface area contributed by atoms with Gasteiger partial charge in [0.15, 0.2) is 0 Å². The third-order valence-corrected chi connectivity index (χ3v) is 1.47. The predicted molar refractivity (Wildman–Crippen MR) is 39.5 cm³/mol. The zero-order valence-electron chi connectivity index (χ0n) is 6.64. The van der Waals surface area contributed by atoms with Crippen LogP contribution in [0.5, 0.6) is 0 Å². The molecule has 3 heteroatoms. The molecule has 1 aliphatic rings. The molecule has 3 nitrogen and oxygen atoms in total. The largest absolute Gasteiger partial charge is 0.491 e. The van der Waals surface area contributed by atoms with Gasteiger partial charge in [-0.25, -0.2) is 5.32 Å². The second-order valence-corrected chi connectivity index (χ2v) is 3.41. The van der Waals surface area contributed by atoms with E-state index in [1.807, 2.05) is 27.0 Å². The lowest BCUT2D eigenvalue weighted by Gasteiger charge is -2.14. The SMILES string of the molecule is CC(C)(C)[N+]1=CCNC1=O. The van der Waals surface area contributed by atoms with Gasteiger partial charge < -0.3 is 0 Å². The highest BCUT2D eigenvalue weighted by molar-refractivity contribution is 5.79. The molecule has 0 atom stereocenters. The minimum Gasteiger partial charge on any atom is -0.231 e. The van der Waals surface area contributed by atoms with Crippen molar-refractivity contribution in [3.05, 3.63) is 0 Å². The Morgan fingerprint density at radius 3 is 2.40 bits per heavy atom. The van der Waals surface area contributed by atoms with E-state index in [0.29, 0.717) is 6.54 Å². The molecule has 0 saturated carbocycles. The smallest absolute Gasteiger partial charge is 0.231 e. The van der Waals surface area contributed by atoms with Crippen LogP contribution in [0, 0.1) is 0 Å². The zero-order valence-corrected chi connectivity index (χ0v) is 6.64. The van der Waals surface area contributed by atoms with Crippen LogP contribution in [-0.4, -0.2) is 28.9 Å². The van der Waals surface area contributed by atoms with Gasteiger partial charge in [0.05, 0.1) is 0 Å². The Hall–Kier alpha value is -0.860. The third-order valence-electron chi connectivity index (χ3n) is 1.47. The van der Waals surface area contributed by atoms with Crippen molar-refractivity contribution in [3.63, 3.8) is 0 Å². The van der Waals surface area contributed by atoms with E-state index in [0.717, 1.165) is 0 Å². The minimum absolute atomic E-state index is 0.00694. The highest BCUT2D eigenvalue weighted by Gasteiger charge is 2.31. The van der Waals surface area contributed by atoms with E-state index >= 15 is 0 Å². The topological polar surface area (TPSA) is 32.1 Å². The van der Waals surface area contributed by atoms with Crippen molar-refractivity contribution in [2.45, 2.75) is 26.3 Å². The summed E-state index contributed by atoms with van der Waals surface area (Å²) in [6, 6.07) is 0.00694. The second kappa shape index (κ2) is 2.08. The van der Waals surface area contributed by atoms with Crippen molar-refractivity contribution >= 4 is 12.2 Å². The van der Waals surface area contributed by atoms with Crippen LogP contribution in [-0.2, 0) is 0 Å². The van der Waals surface area contributed by atoms with E-state index in [1.165, 1.54) is 0 Å². The van der Waals surface area contributed by atoms with Gasteiger partial charge in [0, 0.05) is 0 Å². The summed E-state index contributed by atoms with van der Waals surface area (Å²) in [4.78, 5) is 11.0. The standard InChI is InChI=1S/C7H12N2O/c1-7(2,3)9-5-4-8-6(9)10/h5H,4H2,1-3H3/p+1. The molecule has 1 N–H and O–H groups in total. The third kappa shape index (κ3) is 1.17. The van der Waals surface area contributed by atoms with Gasteiger partial charge in [0.1, 0.15) is 18.3 Å². The average molecular weight is 141 g/mol. The van der Waals surface area contributed by atoms with E-state index in [-0.39, 0.29) is 11.6 Å². The van der Waals surface area contributed by atoms with Gasteiger partial charge in [0.2, 0.25) is 0 Å². The van der Waals surface area contributed by atoms with Gasteiger partial charge in [-0.3, -0.25) is 0 Å². The Balaban J connectivity index is 2.82. The molecule has 0 aromatic carbocycles. The van der Waals surface area contributed by atoms with Gasteiger partial charge in [-0.2, -0.15) is 9.37 Å². The van der Waals surface area contributed by atoms with Crippen molar-refractivity contribution < 1.29 is 9.37 Å². The Kier molecular flexibility index (Phi) is 1.50. The van der Waals surface area contributed by atoms with Crippen molar-refractivity contribution in [1.82, 2.24) is 5.32 Å². The molecule has 1 rings (SSSR count). The summed E-state index contributed by atoms with van der Waals surface area (Å²) in [5.74, 6) is 0. The summed E-state index contributed by atoms with van der Waals surface area (Å²) in [7, 11) is 0. The van der Waals surface area contributed by atoms with E-state index in [2.05, 4.69) is 5.32 Å². The van der Waals surface area contributed by atoms with Gasteiger partial charge >= 0.3 is 6.03 Å². The van der Waals surface area contributed by atoms with Crippen LogP contribution in [0.1, 0.15) is 20.8 Å². The Morgan fingerprint density at radius 1 is 1.60 bits per heavy atom. The molecule has 0 aromatic rings. The first kappa shape index (κ1) is 7.25. The fourth-order valence-electron chi connectivity index (χ4n) is 0.971. The number of hydrogen-bond acceptors (Lipinski definition) is 1. The van der Waals surface area contributed by atoms with E-state index < -0.39 is 0 Å². The Bertz CT molecular complexity index is 188. The molecule has 10 heavy (non-hydrogen) atoms. The summed E-state index contributed by atoms with van der Waals surface area (Å²) in [6.45, 7) is 6.69. The predicted octanol–water partition coefficient (Wildman–Crippen LogP) is 0.591. The van der Waals surface area contributed by atoms with Crippen molar-refractivity contribution in [3.8, 4) is 0 Å². The molecule has 0 spiro atoms. The van der Waals surface area contributed by atoms with Gasteiger partial charge in [-0.05, 0) is 20.8 Å². The molecule has 0 saturated heterocycles. The Morgan fingerprint density at radius 2 is 2.20 bits per heavy atom. The number of carbonyl (C=O) groups excluding carboxylic acids is 1. The van der Waals surface area contributed by atoms with E-state index in [1.54, 1.807) is 4.58 Å². The van der Waals surface area contributed by atoms with Gasteiger partial charge in [-0.1, -0.05) is 0 Å². The van der Waals surface area contributed by atoms with Crippen LogP contribution in [0.15, 0.2) is 0 Å². The van der Waals surface area contributed by atoms with Crippen LogP contribution in [0.4, 0.5) is 4.79 Å². The maximum absolute atomic E-state index is 11.0. The number of nitrogens with one attached hydrogen (secondary N) is 1. The average Bonchev–Trinajstić information content (AvgIpc) is 2.11. The van der Waals surface area contributed by atoms with Crippen LogP contribution >= 0.6 is 0 Å². The van der Waals surface area contributed by atoms with Crippen LogP contribution in [0.2, 0.25) is 0 Å². The van der Waals surface area contributed by atoms with E-state index in [4.69, 9.17) is 0 Å². The number of rotatable bonds is 0. The minimum atomic E-state index is -0.0828. The number of carbonyl (C=O) groups is 1.